The highest BCUT2D eigenvalue weighted by molar-refractivity contribution is 5.79. The van der Waals surface area contributed by atoms with Crippen molar-refractivity contribution in [3.05, 3.63) is 59.8 Å². The zero-order chi connectivity index (χ0) is 18.2. The van der Waals surface area contributed by atoms with Gasteiger partial charge in [-0.25, -0.2) is 4.98 Å². The number of nitrogens with one attached hydrogen (secondary N) is 2. The highest BCUT2D eigenvalue weighted by Gasteiger charge is 2.16. The molecule has 5 nitrogen and oxygen atoms in total. The molecule has 1 aromatic carbocycles. The average molecular weight is 351 g/mol. The molecule has 2 aromatic rings. The molecule has 3 rings (SSSR count). The van der Waals surface area contributed by atoms with E-state index in [0.717, 1.165) is 42.9 Å². The van der Waals surface area contributed by atoms with Crippen LogP contribution in [0.2, 0.25) is 0 Å². The lowest BCUT2D eigenvalue weighted by Gasteiger charge is -2.31. The maximum absolute atomic E-state index is 4.65. The molecule has 0 spiro atoms. The molecule has 2 heterocycles. The summed E-state index contributed by atoms with van der Waals surface area (Å²) in [5.74, 6) is 2.72. The lowest BCUT2D eigenvalue weighted by Crippen LogP contribution is -2.36. The van der Waals surface area contributed by atoms with Gasteiger partial charge in [0.2, 0.25) is 0 Å². The first kappa shape index (κ1) is 18.2. The number of nitrogens with zero attached hydrogens (tertiary/aromatic N) is 3. The maximum atomic E-state index is 4.65. The molecule has 138 valence electrons. The van der Waals surface area contributed by atoms with E-state index >= 15 is 0 Å². The molecule has 0 atom stereocenters. The van der Waals surface area contributed by atoms with E-state index < -0.39 is 0 Å². The molecular weight excluding hydrogens is 322 g/mol. The van der Waals surface area contributed by atoms with Gasteiger partial charge < -0.3 is 15.5 Å². The molecule has 0 unspecified atom stereocenters. The van der Waals surface area contributed by atoms with Crippen LogP contribution in [0.4, 0.5) is 5.82 Å². The van der Waals surface area contributed by atoms with Crippen molar-refractivity contribution in [2.75, 3.05) is 25.0 Å². The predicted molar refractivity (Wildman–Crippen MR) is 108 cm³/mol. The summed E-state index contributed by atoms with van der Waals surface area (Å²) in [6.45, 7) is 6.02. The Hall–Kier alpha value is -2.56. The summed E-state index contributed by atoms with van der Waals surface area (Å²) in [5.41, 5.74) is 2.39. The van der Waals surface area contributed by atoms with Crippen LogP contribution in [-0.4, -0.2) is 31.1 Å². The SMILES string of the molecule is CN=C(NCc1ccccc1)NCc1ccc(N2CCC(C)CC2)nc1. The van der Waals surface area contributed by atoms with Crippen LogP contribution in [-0.2, 0) is 13.1 Å². The van der Waals surface area contributed by atoms with Crippen LogP contribution in [0.1, 0.15) is 30.9 Å². The van der Waals surface area contributed by atoms with Gasteiger partial charge in [-0.15, -0.1) is 0 Å². The van der Waals surface area contributed by atoms with Gasteiger partial charge in [0, 0.05) is 39.4 Å². The Balaban J connectivity index is 1.47. The summed E-state index contributed by atoms with van der Waals surface area (Å²) in [6, 6.07) is 14.6. The van der Waals surface area contributed by atoms with Crippen molar-refractivity contribution in [1.29, 1.82) is 0 Å². The lowest BCUT2D eigenvalue weighted by molar-refractivity contribution is 0.436. The Labute approximate surface area is 156 Å². The molecule has 1 aliphatic rings. The van der Waals surface area contributed by atoms with Crippen molar-refractivity contribution in [3.8, 4) is 0 Å². The van der Waals surface area contributed by atoms with Gasteiger partial charge in [-0.05, 0) is 36.0 Å². The highest BCUT2D eigenvalue weighted by atomic mass is 15.2. The van der Waals surface area contributed by atoms with Crippen LogP contribution in [0.5, 0.6) is 0 Å². The number of aromatic nitrogens is 1. The van der Waals surface area contributed by atoms with Crippen LogP contribution in [0, 0.1) is 5.92 Å². The van der Waals surface area contributed by atoms with Gasteiger partial charge in [0.25, 0.3) is 0 Å². The van der Waals surface area contributed by atoms with Crippen molar-refractivity contribution in [1.82, 2.24) is 15.6 Å². The molecule has 5 heteroatoms. The lowest BCUT2D eigenvalue weighted by atomic mass is 9.99. The number of benzene rings is 1. The van der Waals surface area contributed by atoms with E-state index in [0.29, 0.717) is 6.54 Å². The van der Waals surface area contributed by atoms with Crippen molar-refractivity contribution in [2.45, 2.75) is 32.9 Å². The molecule has 1 fully saturated rings. The van der Waals surface area contributed by atoms with Gasteiger partial charge in [-0.2, -0.15) is 0 Å². The zero-order valence-electron chi connectivity index (χ0n) is 15.8. The molecule has 0 bridgehead atoms. The van der Waals surface area contributed by atoms with Gasteiger partial charge in [-0.3, -0.25) is 4.99 Å². The number of hydrogen-bond donors (Lipinski definition) is 2. The van der Waals surface area contributed by atoms with Gasteiger partial charge in [0.1, 0.15) is 5.82 Å². The Morgan fingerprint density at radius 2 is 1.73 bits per heavy atom. The normalized spacial score (nSPS) is 15.8. The van der Waals surface area contributed by atoms with Crippen LogP contribution in [0.25, 0.3) is 0 Å². The molecule has 0 aliphatic carbocycles. The molecule has 0 saturated carbocycles. The number of aliphatic imine (C=N–C) groups is 1. The van der Waals surface area contributed by atoms with Gasteiger partial charge in [-0.1, -0.05) is 43.3 Å². The minimum absolute atomic E-state index is 0.707. The Bertz CT molecular complexity index is 688. The van der Waals surface area contributed by atoms with E-state index in [1.54, 1.807) is 7.05 Å². The van der Waals surface area contributed by atoms with Crippen LogP contribution in [0.15, 0.2) is 53.7 Å². The largest absolute Gasteiger partial charge is 0.357 e. The fourth-order valence-corrected chi connectivity index (χ4v) is 3.13. The molecular formula is C21H29N5. The maximum Gasteiger partial charge on any atom is 0.191 e. The van der Waals surface area contributed by atoms with Gasteiger partial charge >= 0.3 is 0 Å². The number of anilines is 1. The van der Waals surface area contributed by atoms with E-state index in [4.69, 9.17) is 0 Å². The molecule has 1 aliphatic heterocycles. The minimum atomic E-state index is 0.707. The Morgan fingerprint density at radius 3 is 2.35 bits per heavy atom. The second kappa shape index (κ2) is 9.22. The average Bonchev–Trinajstić information content (AvgIpc) is 2.70. The van der Waals surface area contributed by atoms with Crippen molar-refractivity contribution >= 4 is 11.8 Å². The first-order chi connectivity index (χ1) is 12.7. The van der Waals surface area contributed by atoms with Crippen molar-refractivity contribution in [3.63, 3.8) is 0 Å². The molecule has 2 N–H and O–H groups in total. The van der Waals surface area contributed by atoms with Crippen molar-refractivity contribution in [2.24, 2.45) is 10.9 Å². The van der Waals surface area contributed by atoms with Crippen LogP contribution in [0.3, 0.4) is 0 Å². The molecule has 1 saturated heterocycles. The van der Waals surface area contributed by atoms with E-state index in [2.05, 4.69) is 56.7 Å². The standard InChI is InChI=1S/C21H29N5/c1-17-10-12-26(13-11-17)20-9-8-19(15-23-20)16-25-21(22-2)24-14-18-6-4-3-5-7-18/h3-9,15,17H,10-14,16H2,1-2H3,(H2,22,24,25). The summed E-state index contributed by atoms with van der Waals surface area (Å²) < 4.78 is 0. The Morgan fingerprint density at radius 1 is 1.04 bits per heavy atom. The second-order valence-electron chi connectivity index (χ2n) is 6.96. The summed E-state index contributed by atoms with van der Waals surface area (Å²) in [7, 11) is 1.79. The third-order valence-corrected chi connectivity index (χ3v) is 4.90. The monoisotopic (exact) mass is 351 g/mol. The number of guanidine groups is 1. The Kier molecular flexibility index (Phi) is 6.47. The summed E-state index contributed by atoms with van der Waals surface area (Å²) in [5, 5.41) is 6.68. The fourth-order valence-electron chi connectivity index (χ4n) is 3.13. The molecule has 1 aromatic heterocycles. The first-order valence-corrected chi connectivity index (χ1v) is 9.43. The highest BCUT2D eigenvalue weighted by Crippen LogP contribution is 2.21. The van der Waals surface area contributed by atoms with Crippen molar-refractivity contribution < 1.29 is 0 Å². The first-order valence-electron chi connectivity index (χ1n) is 9.43. The summed E-state index contributed by atoms with van der Waals surface area (Å²) in [4.78, 5) is 11.3. The number of piperidine rings is 1. The number of hydrogen-bond acceptors (Lipinski definition) is 3. The van der Waals surface area contributed by atoms with E-state index in [9.17, 15) is 0 Å². The topological polar surface area (TPSA) is 52.6 Å². The minimum Gasteiger partial charge on any atom is -0.357 e. The zero-order valence-corrected chi connectivity index (χ0v) is 15.8. The summed E-state index contributed by atoms with van der Waals surface area (Å²) in [6.07, 6.45) is 4.48. The van der Waals surface area contributed by atoms with E-state index in [-0.39, 0.29) is 0 Å². The molecule has 26 heavy (non-hydrogen) atoms. The molecule has 0 radical (unpaired) electrons. The fraction of sp³-hybridized carbons (Fsp3) is 0.429. The predicted octanol–water partition coefficient (Wildman–Crippen LogP) is 3.18. The number of rotatable bonds is 5. The number of pyridine rings is 1. The van der Waals surface area contributed by atoms with Crippen LogP contribution < -0.4 is 15.5 Å². The van der Waals surface area contributed by atoms with E-state index in [1.165, 1.54) is 18.4 Å². The van der Waals surface area contributed by atoms with Gasteiger partial charge in [0.15, 0.2) is 5.96 Å². The third kappa shape index (κ3) is 5.22. The third-order valence-electron chi connectivity index (χ3n) is 4.90. The van der Waals surface area contributed by atoms with Gasteiger partial charge in [0.05, 0.1) is 0 Å². The quantitative estimate of drug-likeness (QED) is 0.642. The van der Waals surface area contributed by atoms with E-state index in [1.807, 2.05) is 24.4 Å². The smallest absolute Gasteiger partial charge is 0.191 e. The van der Waals surface area contributed by atoms with Crippen LogP contribution >= 0.6 is 0 Å². The molecule has 0 amide bonds. The summed E-state index contributed by atoms with van der Waals surface area (Å²) >= 11 is 0. The second-order valence-corrected chi connectivity index (χ2v) is 6.96.